The molecule has 1 rings (SSSR count). The van der Waals surface area contributed by atoms with E-state index in [-0.39, 0.29) is 0 Å². The summed E-state index contributed by atoms with van der Waals surface area (Å²) in [7, 11) is 0. The molecule has 1 nitrogen and oxygen atoms in total. The van der Waals surface area contributed by atoms with Gasteiger partial charge >= 0.3 is 0 Å². The zero-order valence-corrected chi connectivity index (χ0v) is 11.8. The Bertz CT molecular complexity index is 325. The van der Waals surface area contributed by atoms with Crippen LogP contribution in [0.1, 0.15) is 26.3 Å². The molecule has 0 saturated carbocycles. The minimum absolute atomic E-state index is 0.551. The number of nitrogens with zero attached hydrogens (tertiary/aromatic N) is 1. The molecule has 0 N–H and O–H groups in total. The first-order valence-corrected chi connectivity index (χ1v) is 6.39. The highest BCUT2D eigenvalue weighted by Crippen LogP contribution is 2.23. The molecule has 0 bridgehead atoms. The average Bonchev–Trinajstić information content (AvgIpc) is 2.16. The largest absolute Gasteiger partial charge is 0.297 e. The van der Waals surface area contributed by atoms with Crippen LogP contribution in [0.3, 0.4) is 0 Å². The summed E-state index contributed by atoms with van der Waals surface area (Å²) in [5.74, 6) is 0. The van der Waals surface area contributed by atoms with Gasteiger partial charge in [0.15, 0.2) is 0 Å². The lowest BCUT2D eigenvalue weighted by Crippen LogP contribution is -2.30. The Kier molecular flexibility index (Phi) is 5.10. The fraction of sp³-hybridized carbons (Fsp3) is 0.500. The van der Waals surface area contributed by atoms with Crippen LogP contribution in [-0.4, -0.2) is 17.5 Å². The van der Waals surface area contributed by atoms with Gasteiger partial charge in [0.25, 0.3) is 0 Å². The summed E-state index contributed by atoms with van der Waals surface area (Å²) in [5.41, 5.74) is 1.19. The predicted octanol–water partition coefficient (Wildman–Crippen LogP) is 4.33. The van der Waals surface area contributed by atoms with Crippen LogP contribution in [0.2, 0.25) is 5.02 Å². The maximum atomic E-state index is 6.18. The lowest BCUT2D eigenvalue weighted by molar-refractivity contribution is 0.225. The molecule has 0 fully saturated rings. The summed E-state index contributed by atoms with van der Waals surface area (Å²) in [6.07, 6.45) is 0. The van der Waals surface area contributed by atoms with E-state index < -0.39 is 0 Å². The molecule has 0 radical (unpaired) electrons. The van der Waals surface area contributed by atoms with Crippen molar-refractivity contribution in [2.24, 2.45) is 0 Å². The predicted molar refractivity (Wildman–Crippen MR) is 70.4 cm³/mol. The Labute approximate surface area is 106 Å². The van der Waals surface area contributed by atoms with Gasteiger partial charge in [0.2, 0.25) is 0 Å². The van der Waals surface area contributed by atoms with Gasteiger partial charge in [0, 0.05) is 22.1 Å². The van der Waals surface area contributed by atoms with E-state index in [0.29, 0.717) is 6.04 Å². The molecule has 0 heterocycles. The molecule has 84 valence electrons. The summed E-state index contributed by atoms with van der Waals surface area (Å²) < 4.78 is 1.03. The number of halogens is 2. The molecular weight excluding hydrogens is 273 g/mol. The van der Waals surface area contributed by atoms with Crippen LogP contribution in [0.5, 0.6) is 0 Å². The molecule has 0 aromatic heterocycles. The number of hydrogen-bond acceptors (Lipinski definition) is 1. The van der Waals surface area contributed by atoms with Gasteiger partial charge in [0.1, 0.15) is 0 Å². The molecule has 0 amide bonds. The van der Waals surface area contributed by atoms with Crippen molar-refractivity contribution in [1.82, 2.24) is 4.90 Å². The highest BCUT2D eigenvalue weighted by molar-refractivity contribution is 9.10. The lowest BCUT2D eigenvalue weighted by Gasteiger charge is -2.25. The molecular formula is C12H17BrClN. The van der Waals surface area contributed by atoms with E-state index in [1.165, 1.54) is 5.56 Å². The van der Waals surface area contributed by atoms with E-state index in [2.05, 4.69) is 47.7 Å². The zero-order chi connectivity index (χ0) is 11.4. The zero-order valence-electron chi connectivity index (χ0n) is 9.43. The van der Waals surface area contributed by atoms with Crippen LogP contribution in [0.4, 0.5) is 0 Å². The highest BCUT2D eigenvalue weighted by Gasteiger charge is 2.09. The van der Waals surface area contributed by atoms with Crippen LogP contribution >= 0.6 is 27.5 Å². The number of rotatable bonds is 4. The van der Waals surface area contributed by atoms with Gasteiger partial charge in [-0.1, -0.05) is 40.5 Å². The SMILES string of the molecule is CCN(Cc1ccc(Br)cc1Cl)C(C)C. The van der Waals surface area contributed by atoms with Crippen LogP contribution < -0.4 is 0 Å². The molecule has 0 unspecified atom stereocenters. The molecule has 15 heavy (non-hydrogen) atoms. The smallest absolute Gasteiger partial charge is 0.0462 e. The normalized spacial score (nSPS) is 11.4. The summed E-state index contributed by atoms with van der Waals surface area (Å²) in [6, 6.07) is 6.62. The van der Waals surface area contributed by atoms with E-state index in [4.69, 9.17) is 11.6 Å². The molecule has 0 atom stereocenters. The summed E-state index contributed by atoms with van der Waals surface area (Å²) in [5, 5.41) is 0.837. The van der Waals surface area contributed by atoms with Crippen molar-refractivity contribution in [1.29, 1.82) is 0 Å². The Balaban J connectivity index is 2.79. The first-order chi connectivity index (χ1) is 7.04. The average molecular weight is 291 g/mol. The molecule has 0 spiro atoms. The molecule has 0 aliphatic carbocycles. The molecule has 0 aliphatic heterocycles. The van der Waals surface area contributed by atoms with Crippen LogP contribution in [0, 0.1) is 0 Å². The number of benzene rings is 1. The van der Waals surface area contributed by atoms with Crippen molar-refractivity contribution in [3.05, 3.63) is 33.3 Å². The molecule has 0 saturated heterocycles. The van der Waals surface area contributed by atoms with Crippen LogP contribution in [0.15, 0.2) is 22.7 Å². The van der Waals surface area contributed by atoms with Gasteiger partial charge in [-0.2, -0.15) is 0 Å². The second kappa shape index (κ2) is 5.88. The Morgan fingerprint density at radius 3 is 2.53 bits per heavy atom. The molecule has 1 aromatic rings. The van der Waals surface area contributed by atoms with Crippen LogP contribution in [0.25, 0.3) is 0 Å². The molecule has 3 heteroatoms. The standard InChI is InChI=1S/C12H17BrClN/c1-4-15(9(2)3)8-10-5-6-11(13)7-12(10)14/h5-7,9H,4,8H2,1-3H3. The van der Waals surface area contributed by atoms with E-state index in [0.717, 1.165) is 22.6 Å². The Morgan fingerprint density at radius 2 is 2.07 bits per heavy atom. The van der Waals surface area contributed by atoms with Crippen molar-refractivity contribution in [2.75, 3.05) is 6.54 Å². The van der Waals surface area contributed by atoms with Gasteiger partial charge in [0.05, 0.1) is 0 Å². The van der Waals surface area contributed by atoms with Gasteiger partial charge in [-0.15, -0.1) is 0 Å². The van der Waals surface area contributed by atoms with Gasteiger partial charge in [-0.05, 0) is 38.1 Å². The van der Waals surface area contributed by atoms with Gasteiger partial charge in [-0.3, -0.25) is 4.90 Å². The van der Waals surface area contributed by atoms with Crippen molar-refractivity contribution in [3.63, 3.8) is 0 Å². The Hall–Kier alpha value is -0.0500. The minimum atomic E-state index is 0.551. The minimum Gasteiger partial charge on any atom is -0.297 e. The topological polar surface area (TPSA) is 3.24 Å². The van der Waals surface area contributed by atoms with E-state index in [1.807, 2.05) is 12.1 Å². The lowest BCUT2D eigenvalue weighted by atomic mass is 10.2. The Morgan fingerprint density at radius 1 is 1.40 bits per heavy atom. The quantitative estimate of drug-likeness (QED) is 0.797. The van der Waals surface area contributed by atoms with Crippen molar-refractivity contribution >= 4 is 27.5 Å². The second-order valence-corrected chi connectivity index (χ2v) is 5.22. The van der Waals surface area contributed by atoms with E-state index in [1.54, 1.807) is 0 Å². The fourth-order valence-corrected chi connectivity index (χ4v) is 2.26. The maximum absolute atomic E-state index is 6.18. The molecule has 1 aromatic carbocycles. The van der Waals surface area contributed by atoms with Gasteiger partial charge < -0.3 is 0 Å². The number of hydrogen-bond donors (Lipinski definition) is 0. The third kappa shape index (κ3) is 3.78. The monoisotopic (exact) mass is 289 g/mol. The van der Waals surface area contributed by atoms with E-state index in [9.17, 15) is 0 Å². The molecule has 0 aliphatic rings. The van der Waals surface area contributed by atoms with Crippen molar-refractivity contribution in [3.8, 4) is 0 Å². The highest BCUT2D eigenvalue weighted by atomic mass is 79.9. The van der Waals surface area contributed by atoms with Crippen molar-refractivity contribution < 1.29 is 0 Å². The van der Waals surface area contributed by atoms with Crippen LogP contribution in [-0.2, 0) is 6.54 Å². The fourth-order valence-electron chi connectivity index (χ4n) is 1.53. The first-order valence-electron chi connectivity index (χ1n) is 5.22. The van der Waals surface area contributed by atoms with Gasteiger partial charge in [-0.25, -0.2) is 0 Å². The van der Waals surface area contributed by atoms with Crippen molar-refractivity contribution in [2.45, 2.75) is 33.4 Å². The first kappa shape index (κ1) is 13.0. The summed E-state index contributed by atoms with van der Waals surface area (Å²) >= 11 is 9.59. The van der Waals surface area contributed by atoms with E-state index >= 15 is 0 Å². The summed E-state index contributed by atoms with van der Waals surface area (Å²) in [6.45, 7) is 8.55. The maximum Gasteiger partial charge on any atom is 0.0462 e. The second-order valence-electron chi connectivity index (χ2n) is 3.89. The third-order valence-corrected chi connectivity index (χ3v) is 3.37. The summed E-state index contributed by atoms with van der Waals surface area (Å²) in [4.78, 5) is 2.38. The third-order valence-electron chi connectivity index (χ3n) is 2.53.